The molecule has 0 atom stereocenters. The zero-order valence-electron chi connectivity index (χ0n) is 17.0. The van der Waals surface area contributed by atoms with Gasteiger partial charge in [-0.3, -0.25) is 4.79 Å². The molecule has 162 valence electrons. The van der Waals surface area contributed by atoms with E-state index < -0.39 is 5.97 Å². The van der Waals surface area contributed by atoms with Crippen molar-refractivity contribution in [2.75, 3.05) is 14.1 Å². The average Bonchev–Trinajstić information content (AvgIpc) is 3.14. The van der Waals surface area contributed by atoms with Crippen LogP contribution in [0.5, 0.6) is 0 Å². The van der Waals surface area contributed by atoms with E-state index in [0.29, 0.717) is 26.3 Å². The first-order chi connectivity index (χ1) is 15.3. The molecule has 0 saturated heterocycles. The van der Waals surface area contributed by atoms with Crippen LogP contribution < -0.4 is 0 Å². The van der Waals surface area contributed by atoms with E-state index in [-0.39, 0.29) is 11.5 Å². The van der Waals surface area contributed by atoms with Crippen LogP contribution in [0.15, 0.2) is 70.6 Å². The molecule has 0 aliphatic heterocycles. The first kappa shape index (κ1) is 22.2. The van der Waals surface area contributed by atoms with Crippen LogP contribution >= 0.6 is 35.0 Å². The lowest BCUT2D eigenvalue weighted by atomic mass is 10.1. The van der Waals surface area contributed by atoms with E-state index in [1.807, 2.05) is 12.1 Å². The van der Waals surface area contributed by atoms with Crippen LogP contribution in [0.25, 0.3) is 16.6 Å². The number of carbonyl (C=O) groups excluding carboxylic acids is 1. The Morgan fingerprint density at radius 2 is 1.69 bits per heavy atom. The average molecular weight is 486 g/mol. The second kappa shape index (κ2) is 8.86. The number of amides is 1. The van der Waals surface area contributed by atoms with Crippen molar-refractivity contribution in [1.29, 1.82) is 0 Å². The van der Waals surface area contributed by atoms with E-state index in [2.05, 4.69) is 0 Å². The van der Waals surface area contributed by atoms with Gasteiger partial charge in [-0.25, -0.2) is 9.48 Å². The fourth-order valence-electron chi connectivity index (χ4n) is 3.17. The van der Waals surface area contributed by atoms with Gasteiger partial charge in [0.1, 0.15) is 5.03 Å². The van der Waals surface area contributed by atoms with Crippen LogP contribution in [0.4, 0.5) is 0 Å². The Morgan fingerprint density at radius 3 is 2.34 bits per heavy atom. The highest BCUT2D eigenvalue weighted by Gasteiger charge is 2.18. The topological polar surface area (TPSA) is 75.4 Å². The number of fused-ring (bicyclic) bond motifs is 1. The summed E-state index contributed by atoms with van der Waals surface area (Å²) in [6.07, 6.45) is 0. The minimum atomic E-state index is -0.999. The van der Waals surface area contributed by atoms with E-state index in [9.17, 15) is 14.7 Å². The lowest BCUT2D eigenvalue weighted by Gasteiger charge is -2.10. The molecule has 9 heteroatoms. The van der Waals surface area contributed by atoms with Gasteiger partial charge in [0.15, 0.2) is 0 Å². The van der Waals surface area contributed by atoms with Crippen LogP contribution in [-0.4, -0.2) is 45.8 Å². The van der Waals surface area contributed by atoms with Gasteiger partial charge in [-0.15, -0.1) is 0 Å². The molecule has 0 aliphatic rings. The number of rotatable bonds is 5. The summed E-state index contributed by atoms with van der Waals surface area (Å²) in [5.41, 5.74) is 2.17. The Labute approximate surface area is 198 Å². The Bertz CT molecular complexity index is 1350. The number of aromatic nitrogens is 2. The Hall–Kier alpha value is -3.00. The number of carbonyl (C=O) groups is 2. The Balaban J connectivity index is 1.88. The van der Waals surface area contributed by atoms with E-state index in [1.54, 1.807) is 55.2 Å². The fraction of sp³-hybridized carbons (Fsp3) is 0.0870. The first-order valence-corrected chi connectivity index (χ1v) is 11.0. The molecule has 0 bridgehead atoms. The molecule has 1 amide bonds. The van der Waals surface area contributed by atoms with Crippen molar-refractivity contribution in [3.63, 3.8) is 0 Å². The SMILES string of the molecule is CN(C)C(=O)c1ccc2c(c1)c(Sc1cccc(Cl)c1Cl)nn2-c1ccc(C(=O)O)cc1. The highest BCUT2D eigenvalue weighted by molar-refractivity contribution is 7.99. The summed E-state index contributed by atoms with van der Waals surface area (Å²) < 4.78 is 1.71. The number of carboxylic acid groups (broad SMARTS) is 1. The number of carboxylic acids is 1. The molecule has 4 rings (SSSR count). The highest BCUT2D eigenvalue weighted by Crippen LogP contribution is 2.40. The third kappa shape index (κ3) is 4.19. The summed E-state index contributed by atoms with van der Waals surface area (Å²) in [4.78, 5) is 26.0. The molecule has 1 N–H and O–H groups in total. The molecular formula is C23H17Cl2N3O3S. The van der Waals surface area contributed by atoms with Crippen molar-refractivity contribution in [1.82, 2.24) is 14.7 Å². The maximum Gasteiger partial charge on any atom is 0.335 e. The van der Waals surface area contributed by atoms with Gasteiger partial charge >= 0.3 is 5.97 Å². The minimum Gasteiger partial charge on any atom is -0.478 e. The lowest BCUT2D eigenvalue weighted by molar-refractivity contribution is 0.0696. The molecule has 0 spiro atoms. The Kier molecular flexibility index (Phi) is 6.15. The predicted octanol–water partition coefficient (Wildman–Crippen LogP) is 5.88. The third-order valence-corrected chi connectivity index (χ3v) is 6.77. The number of nitrogens with zero attached hydrogens (tertiary/aromatic N) is 3. The summed E-state index contributed by atoms with van der Waals surface area (Å²) in [6, 6.07) is 17.2. The van der Waals surface area contributed by atoms with Crippen molar-refractivity contribution in [3.05, 3.63) is 81.8 Å². The van der Waals surface area contributed by atoms with Crippen LogP contribution in [0.1, 0.15) is 20.7 Å². The molecule has 1 heterocycles. The smallest absolute Gasteiger partial charge is 0.335 e. The van der Waals surface area contributed by atoms with Crippen molar-refractivity contribution >= 4 is 57.7 Å². The van der Waals surface area contributed by atoms with Gasteiger partial charge in [0, 0.05) is 29.9 Å². The van der Waals surface area contributed by atoms with E-state index >= 15 is 0 Å². The molecule has 4 aromatic rings. The van der Waals surface area contributed by atoms with Gasteiger partial charge < -0.3 is 10.0 Å². The highest BCUT2D eigenvalue weighted by atomic mass is 35.5. The van der Waals surface area contributed by atoms with E-state index in [0.717, 1.165) is 15.8 Å². The monoisotopic (exact) mass is 485 g/mol. The van der Waals surface area contributed by atoms with Gasteiger partial charge in [-0.05, 0) is 54.6 Å². The normalized spacial score (nSPS) is 11.0. The van der Waals surface area contributed by atoms with Gasteiger partial charge in [-0.1, -0.05) is 41.0 Å². The first-order valence-electron chi connectivity index (χ1n) is 9.46. The van der Waals surface area contributed by atoms with Crippen LogP contribution in [-0.2, 0) is 0 Å². The van der Waals surface area contributed by atoms with Crippen molar-refractivity contribution in [3.8, 4) is 5.69 Å². The molecule has 32 heavy (non-hydrogen) atoms. The standard InChI is InChI=1S/C23H17Cl2N3O3S/c1-27(2)22(29)14-8-11-18-16(12-14)21(32-19-5-3-4-17(24)20(19)25)26-28(18)15-9-6-13(7-10-15)23(30)31/h3-12H,1-2H3,(H,30,31). The van der Waals surface area contributed by atoms with Gasteiger partial charge in [0.25, 0.3) is 5.91 Å². The third-order valence-electron chi connectivity index (χ3n) is 4.78. The van der Waals surface area contributed by atoms with Gasteiger partial charge in [0.05, 0.1) is 26.8 Å². The van der Waals surface area contributed by atoms with Crippen molar-refractivity contribution < 1.29 is 14.7 Å². The minimum absolute atomic E-state index is 0.123. The van der Waals surface area contributed by atoms with Crippen molar-refractivity contribution in [2.24, 2.45) is 0 Å². The molecule has 0 saturated carbocycles. The van der Waals surface area contributed by atoms with Gasteiger partial charge in [-0.2, -0.15) is 5.10 Å². The van der Waals surface area contributed by atoms with E-state index in [1.165, 1.54) is 28.8 Å². The molecule has 0 radical (unpaired) electrons. The zero-order valence-corrected chi connectivity index (χ0v) is 19.4. The fourth-order valence-corrected chi connectivity index (χ4v) is 4.59. The molecule has 3 aromatic carbocycles. The maximum absolute atomic E-state index is 12.5. The number of hydrogen-bond donors (Lipinski definition) is 1. The largest absolute Gasteiger partial charge is 0.478 e. The maximum atomic E-state index is 12.5. The molecule has 0 aliphatic carbocycles. The Morgan fingerprint density at radius 1 is 1.00 bits per heavy atom. The summed E-state index contributed by atoms with van der Waals surface area (Å²) in [6.45, 7) is 0. The number of benzene rings is 3. The molecule has 0 fully saturated rings. The zero-order chi connectivity index (χ0) is 23.0. The molecule has 1 aromatic heterocycles. The molecular weight excluding hydrogens is 469 g/mol. The second-order valence-corrected chi connectivity index (χ2v) is 8.97. The summed E-state index contributed by atoms with van der Waals surface area (Å²) >= 11 is 13.9. The predicted molar refractivity (Wildman–Crippen MR) is 127 cm³/mol. The summed E-state index contributed by atoms with van der Waals surface area (Å²) in [5, 5.41) is 16.2. The number of halogens is 2. The lowest BCUT2D eigenvalue weighted by Crippen LogP contribution is -2.21. The van der Waals surface area contributed by atoms with Crippen LogP contribution in [0.2, 0.25) is 10.0 Å². The van der Waals surface area contributed by atoms with E-state index in [4.69, 9.17) is 28.3 Å². The summed E-state index contributed by atoms with van der Waals surface area (Å²) in [7, 11) is 3.39. The van der Waals surface area contributed by atoms with Crippen LogP contribution in [0, 0.1) is 0 Å². The van der Waals surface area contributed by atoms with Crippen molar-refractivity contribution in [2.45, 2.75) is 9.92 Å². The quantitative estimate of drug-likeness (QED) is 0.381. The number of hydrogen-bond acceptors (Lipinski definition) is 4. The molecule has 0 unspecified atom stereocenters. The number of aromatic carboxylic acids is 1. The molecule has 6 nitrogen and oxygen atoms in total. The summed E-state index contributed by atoms with van der Waals surface area (Å²) in [5.74, 6) is -1.12. The van der Waals surface area contributed by atoms with Gasteiger partial charge in [0.2, 0.25) is 0 Å². The van der Waals surface area contributed by atoms with Crippen LogP contribution in [0.3, 0.4) is 0 Å². The second-order valence-electron chi connectivity index (χ2n) is 7.15.